The summed E-state index contributed by atoms with van der Waals surface area (Å²) in [7, 11) is 0. The molecule has 0 aromatic rings. The molecule has 0 aromatic carbocycles. The summed E-state index contributed by atoms with van der Waals surface area (Å²) in [6, 6.07) is 0.698. The summed E-state index contributed by atoms with van der Waals surface area (Å²) in [5, 5.41) is 0. The van der Waals surface area contributed by atoms with Crippen LogP contribution in [-0.2, 0) is 4.74 Å². The summed E-state index contributed by atoms with van der Waals surface area (Å²) in [4.78, 5) is 2.72. The smallest absolute Gasteiger partial charge is 0.0730 e. The van der Waals surface area contributed by atoms with E-state index in [0.717, 1.165) is 19.7 Å². The molecule has 0 bridgehead atoms. The first kappa shape index (κ1) is 12.9. The van der Waals surface area contributed by atoms with E-state index in [1.165, 1.54) is 57.9 Å². The molecule has 3 fully saturated rings. The van der Waals surface area contributed by atoms with Gasteiger partial charge in [-0.25, -0.2) is 0 Å². The van der Waals surface area contributed by atoms with Crippen LogP contribution in [0.15, 0.2) is 0 Å². The van der Waals surface area contributed by atoms with E-state index in [1.54, 1.807) is 0 Å². The fourth-order valence-corrected chi connectivity index (χ4v) is 4.36. The third kappa shape index (κ3) is 2.45. The van der Waals surface area contributed by atoms with Crippen molar-refractivity contribution in [3.8, 4) is 0 Å². The van der Waals surface area contributed by atoms with Crippen molar-refractivity contribution < 1.29 is 4.74 Å². The second-order valence-electron chi connectivity index (χ2n) is 6.64. The minimum absolute atomic E-state index is 0.419. The second kappa shape index (κ2) is 5.48. The minimum atomic E-state index is 0.419. The van der Waals surface area contributed by atoms with Gasteiger partial charge in [0.05, 0.1) is 12.7 Å². The quantitative estimate of drug-likeness (QED) is 0.836. The average Bonchev–Trinajstić information content (AvgIpc) is 2.89. The highest BCUT2D eigenvalue weighted by Gasteiger charge is 2.40. The van der Waals surface area contributed by atoms with Crippen molar-refractivity contribution in [2.45, 2.75) is 63.5 Å². The van der Waals surface area contributed by atoms with Gasteiger partial charge in [-0.1, -0.05) is 19.3 Å². The van der Waals surface area contributed by atoms with Crippen LogP contribution < -0.4 is 5.73 Å². The lowest BCUT2D eigenvalue weighted by molar-refractivity contribution is -0.0713. The van der Waals surface area contributed by atoms with Gasteiger partial charge >= 0.3 is 0 Å². The third-order valence-corrected chi connectivity index (χ3v) is 5.48. The van der Waals surface area contributed by atoms with Gasteiger partial charge in [0.25, 0.3) is 0 Å². The summed E-state index contributed by atoms with van der Waals surface area (Å²) >= 11 is 0. The predicted molar refractivity (Wildman–Crippen MR) is 73.5 cm³/mol. The Hall–Kier alpha value is -0.120. The number of nitrogens with two attached hydrogens (primary N) is 1. The lowest BCUT2D eigenvalue weighted by Crippen LogP contribution is -2.54. The van der Waals surface area contributed by atoms with E-state index in [9.17, 15) is 0 Å². The first-order valence-electron chi connectivity index (χ1n) is 7.89. The highest BCUT2D eigenvalue weighted by Crippen LogP contribution is 2.39. The zero-order chi connectivity index (χ0) is 12.4. The second-order valence-corrected chi connectivity index (χ2v) is 6.64. The van der Waals surface area contributed by atoms with Crippen LogP contribution in [0.4, 0.5) is 0 Å². The molecule has 2 N–H and O–H groups in total. The summed E-state index contributed by atoms with van der Waals surface area (Å²) in [6.07, 6.45) is 11.4. The highest BCUT2D eigenvalue weighted by molar-refractivity contribution is 4.94. The Bertz CT molecular complexity index is 276. The van der Waals surface area contributed by atoms with Crippen LogP contribution in [0.3, 0.4) is 0 Å². The number of rotatable bonds is 3. The number of hydrogen-bond acceptors (Lipinski definition) is 3. The summed E-state index contributed by atoms with van der Waals surface area (Å²) in [5.41, 5.74) is 6.55. The van der Waals surface area contributed by atoms with Crippen LogP contribution in [0.2, 0.25) is 0 Å². The summed E-state index contributed by atoms with van der Waals surface area (Å²) in [5.74, 6) is 0. The Labute approximate surface area is 111 Å². The van der Waals surface area contributed by atoms with Gasteiger partial charge < -0.3 is 10.5 Å². The minimum Gasteiger partial charge on any atom is -0.375 e. The van der Waals surface area contributed by atoms with Crippen molar-refractivity contribution in [2.24, 2.45) is 11.1 Å². The van der Waals surface area contributed by atoms with Gasteiger partial charge in [0, 0.05) is 19.1 Å². The molecule has 3 nitrogen and oxygen atoms in total. The van der Waals surface area contributed by atoms with Crippen LogP contribution in [-0.4, -0.2) is 43.3 Å². The molecule has 1 heterocycles. The molecule has 3 rings (SSSR count). The van der Waals surface area contributed by atoms with Crippen molar-refractivity contribution in [1.82, 2.24) is 4.90 Å². The maximum Gasteiger partial charge on any atom is 0.0730 e. The third-order valence-electron chi connectivity index (χ3n) is 5.48. The molecule has 1 aliphatic heterocycles. The molecule has 18 heavy (non-hydrogen) atoms. The van der Waals surface area contributed by atoms with Crippen LogP contribution in [0.5, 0.6) is 0 Å². The zero-order valence-electron chi connectivity index (χ0n) is 11.6. The molecule has 2 unspecified atom stereocenters. The molecule has 1 saturated heterocycles. The molecule has 2 saturated carbocycles. The molecular weight excluding hydrogens is 224 g/mol. The zero-order valence-corrected chi connectivity index (χ0v) is 11.6. The molecule has 104 valence electrons. The molecule has 0 amide bonds. The Balaban J connectivity index is 1.66. The van der Waals surface area contributed by atoms with E-state index in [0.29, 0.717) is 17.6 Å². The first-order chi connectivity index (χ1) is 8.83. The molecule has 0 aromatic heterocycles. The fourth-order valence-electron chi connectivity index (χ4n) is 4.36. The highest BCUT2D eigenvalue weighted by atomic mass is 16.5. The summed E-state index contributed by atoms with van der Waals surface area (Å²) in [6.45, 7) is 4.17. The van der Waals surface area contributed by atoms with Crippen molar-refractivity contribution >= 4 is 0 Å². The van der Waals surface area contributed by atoms with E-state index < -0.39 is 0 Å². The Morgan fingerprint density at radius 2 is 1.94 bits per heavy atom. The summed E-state index contributed by atoms with van der Waals surface area (Å²) < 4.78 is 5.91. The van der Waals surface area contributed by atoms with Crippen LogP contribution in [0.25, 0.3) is 0 Å². The van der Waals surface area contributed by atoms with Gasteiger partial charge in [-0.05, 0) is 44.1 Å². The largest absolute Gasteiger partial charge is 0.375 e. The van der Waals surface area contributed by atoms with Crippen molar-refractivity contribution in [3.63, 3.8) is 0 Å². The molecule has 0 spiro atoms. The fraction of sp³-hybridized carbons (Fsp3) is 1.00. The Kier molecular flexibility index (Phi) is 3.92. The predicted octanol–water partition coefficient (Wildman–Crippen LogP) is 2.15. The van der Waals surface area contributed by atoms with Gasteiger partial charge in [-0.15, -0.1) is 0 Å². The van der Waals surface area contributed by atoms with Crippen molar-refractivity contribution in [2.75, 3.05) is 26.2 Å². The van der Waals surface area contributed by atoms with E-state index >= 15 is 0 Å². The number of hydrogen-bond donors (Lipinski definition) is 1. The van der Waals surface area contributed by atoms with E-state index in [2.05, 4.69) is 4.90 Å². The maximum atomic E-state index is 6.13. The molecule has 0 radical (unpaired) electrons. The van der Waals surface area contributed by atoms with Crippen LogP contribution in [0, 0.1) is 5.41 Å². The number of fused-ring (bicyclic) bond motifs is 1. The topological polar surface area (TPSA) is 38.5 Å². The van der Waals surface area contributed by atoms with Gasteiger partial charge in [-0.2, -0.15) is 0 Å². The molecule has 3 heteroatoms. The standard InChI is InChI=1S/C15H28N2O/c16-11-15(7-2-1-3-8-15)12-17-9-10-18-14-6-4-5-13(14)17/h13-14H,1-12,16H2. The van der Waals surface area contributed by atoms with Crippen molar-refractivity contribution in [1.29, 1.82) is 0 Å². The van der Waals surface area contributed by atoms with E-state index in [4.69, 9.17) is 10.5 Å². The van der Waals surface area contributed by atoms with Gasteiger partial charge in [0.2, 0.25) is 0 Å². The van der Waals surface area contributed by atoms with E-state index in [1.807, 2.05) is 0 Å². The first-order valence-corrected chi connectivity index (χ1v) is 7.89. The molecular formula is C15H28N2O. The number of nitrogens with zero attached hydrogens (tertiary/aromatic N) is 1. The average molecular weight is 252 g/mol. The van der Waals surface area contributed by atoms with Crippen molar-refractivity contribution in [3.05, 3.63) is 0 Å². The lowest BCUT2D eigenvalue weighted by Gasteiger charge is -2.45. The number of ether oxygens (including phenoxy) is 1. The van der Waals surface area contributed by atoms with Crippen LogP contribution in [0.1, 0.15) is 51.4 Å². The lowest BCUT2D eigenvalue weighted by atomic mass is 9.73. The SMILES string of the molecule is NCC1(CN2CCOC3CCCC32)CCCCC1. The van der Waals surface area contributed by atoms with Gasteiger partial charge in [-0.3, -0.25) is 4.90 Å². The van der Waals surface area contributed by atoms with Crippen LogP contribution >= 0.6 is 0 Å². The van der Waals surface area contributed by atoms with Gasteiger partial charge in [0.1, 0.15) is 0 Å². The maximum absolute atomic E-state index is 6.13. The van der Waals surface area contributed by atoms with Gasteiger partial charge in [0.15, 0.2) is 0 Å². The number of morpholine rings is 1. The molecule has 3 aliphatic rings. The molecule has 2 aliphatic carbocycles. The Morgan fingerprint density at radius 1 is 1.11 bits per heavy atom. The normalized spacial score (nSPS) is 36.5. The Morgan fingerprint density at radius 3 is 2.72 bits per heavy atom. The van der Waals surface area contributed by atoms with E-state index in [-0.39, 0.29) is 0 Å². The monoisotopic (exact) mass is 252 g/mol. The molecule has 2 atom stereocenters.